The van der Waals surface area contributed by atoms with E-state index in [0.29, 0.717) is 39.8 Å². The number of carbonyl (C=O) groups excluding carboxylic acids is 2. The van der Waals surface area contributed by atoms with Crippen LogP contribution in [0.4, 0.5) is 5.69 Å². The van der Waals surface area contributed by atoms with Gasteiger partial charge in [0.15, 0.2) is 0 Å². The van der Waals surface area contributed by atoms with Crippen molar-refractivity contribution in [2.75, 3.05) is 18.4 Å². The molecule has 1 heterocycles. The molecular formula is C22H22Cl2N4O3. The highest BCUT2D eigenvalue weighted by Gasteiger charge is 2.19. The summed E-state index contributed by atoms with van der Waals surface area (Å²) in [5.74, 6) is -0.774. The molecule has 0 radical (unpaired) electrons. The monoisotopic (exact) mass is 460 g/mol. The third kappa shape index (κ3) is 5.42. The van der Waals surface area contributed by atoms with Crippen LogP contribution in [0.5, 0.6) is 0 Å². The zero-order chi connectivity index (χ0) is 22.5. The van der Waals surface area contributed by atoms with Crippen molar-refractivity contribution in [2.24, 2.45) is 0 Å². The minimum atomic E-state index is -0.402. The molecule has 0 saturated heterocycles. The smallest absolute Gasteiger partial charge is 0.275 e. The second kappa shape index (κ2) is 9.94. The van der Waals surface area contributed by atoms with Crippen LogP contribution in [-0.2, 0) is 16.1 Å². The van der Waals surface area contributed by atoms with Crippen molar-refractivity contribution in [3.05, 3.63) is 68.6 Å². The van der Waals surface area contributed by atoms with Crippen LogP contribution in [0, 0.1) is 6.92 Å². The standard InChI is InChI=1S/C22H22Cl2N4O3/c1-3-10-27(12-20(29)25-19-9-8-15(23)11-18(19)24)21(30)13-28-22(31)17-7-5-4-6-16(17)14(2)26-28/h4-9,11H,3,10,12-13H2,1-2H3,(H,25,29). The first-order valence-corrected chi connectivity index (χ1v) is 10.5. The van der Waals surface area contributed by atoms with Crippen molar-refractivity contribution in [2.45, 2.75) is 26.8 Å². The Morgan fingerprint density at radius 2 is 1.84 bits per heavy atom. The summed E-state index contributed by atoms with van der Waals surface area (Å²) in [5.41, 5.74) is 0.714. The number of halogens is 2. The molecule has 3 aromatic rings. The van der Waals surface area contributed by atoms with Gasteiger partial charge in [-0.05, 0) is 37.6 Å². The van der Waals surface area contributed by atoms with Gasteiger partial charge in [-0.25, -0.2) is 4.68 Å². The van der Waals surface area contributed by atoms with Gasteiger partial charge in [0.1, 0.15) is 6.54 Å². The first-order chi connectivity index (χ1) is 14.8. The number of hydrogen-bond donors (Lipinski definition) is 1. The van der Waals surface area contributed by atoms with E-state index in [4.69, 9.17) is 23.2 Å². The molecule has 9 heteroatoms. The maximum Gasteiger partial charge on any atom is 0.275 e. The highest BCUT2D eigenvalue weighted by Crippen LogP contribution is 2.25. The molecule has 0 unspecified atom stereocenters. The number of carbonyl (C=O) groups is 2. The van der Waals surface area contributed by atoms with E-state index < -0.39 is 5.91 Å². The van der Waals surface area contributed by atoms with Crippen molar-refractivity contribution < 1.29 is 9.59 Å². The predicted molar refractivity (Wildman–Crippen MR) is 123 cm³/mol. The number of nitrogens with zero attached hydrogens (tertiary/aromatic N) is 3. The molecule has 0 aliphatic heterocycles. The van der Waals surface area contributed by atoms with Crippen LogP contribution in [0.1, 0.15) is 19.0 Å². The zero-order valence-electron chi connectivity index (χ0n) is 17.2. The number of amides is 2. The van der Waals surface area contributed by atoms with E-state index in [1.807, 2.05) is 19.1 Å². The normalized spacial score (nSPS) is 10.8. The molecular weight excluding hydrogens is 439 g/mol. The average molecular weight is 461 g/mol. The summed E-state index contributed by atoms with van der Waals surface area (Å²) in [6, 6.07) is 11.9. The Hall–Kier alpha value is -2.90. The topological polar surface area (TPSA) is 84.3 Å². The number of fused-ring (bicyclic) bond motifs is 1. The van der Waals surface area contributed by atoms with Crippen molar-refractivity contribution in [3.63, 3.8) is 0 Å². The van der Waals surface area contributed by atoms with E-state index in [2.05, 4.69) is 10.4 Å². The van der Waals surface area contributed by atoms with Gasteiger partial charge in [-0.15, -0.1) is 0 Å². The lowest BCUT2D eigenvalue weighted by Gasteiger charge is -2.22. The van der Waals surface area contributed by atoms with Crippen molar-refractivity contribution in [1.29, 1.82) is 0 Å². The Morgan fingerprint density at radius 1 is 1.13 bits per heavy atom. The molecule has 0 saturated carbocycles. The van der Waals surface area contributed by atoms with Crippen molar-refractivity contribution in [1.82, 2.24) is 14.7 Å². The summed E-state index contributed by atoms with van der Waals surface area (Å²) in [4.78, 5) is 39.6. The van der Waals surface area contributed by atoms with Crippen LogP contribution in [0.2, 0.25) is 10.0 Å². The lowest BCUT2D eigenvalue weighted by Crippen LogP contribution is -2.42. The van der Waals surface area contributed by atoms with E-state index in [0.717, 1.165) is 10.1 Å². The second-order valence-electron chi connectivity index (χ2n) is 7.08. The summed E-state index contributed by atoms with van der Waals surface area (Å²) in [7, 11) is 0. The Bertz CT molecular complexity index is 1190. The van der Waals surface area contributed by atoms with Gasteiger partial charge >= 0.3 is 0 Å². The molecule has 0 bridgehead atoms. The predicted octanol–water partition coefficient (Wildman–Crippen LogP) is 3.89. The van der Waals surface area contributed by atoms with Gasteiger partial charge in [-0.1, -0.05) is 48.3 Å². The van der Waals surface area contributed by atoms with E-state index in [1.165, 1.54) is 11.0 Å². The lowest BCUT2D eigenvalue weighted by molar-refractivity contribution is -0.135. The number of aromatic nitrogens is 2. The van der Waals surface area contributed by atoms with Crippen LogP contribution in [0.15, 0.2) is 47.3 Å². The number of nitrogens with one attached hydrogen (secondary N) is 1. The molecule has 1 aromatic heterocycles. The Balaban J connectivity index is 1.76. The van der Waals surface area contributed by atoms with Gasteiger partial charge in [-0.3, -0.25) is 14.4 Å². The van der Waals surface area contributed by atoms with Gasteiger partial charge < -0.3 is 10.2 Å². The molecule has 31 heavy (non-hydrogen) atoms. The van der Waals surface area contributed by atoms with Gasteiger partial charge in [0, 0.05) is 17.0 Å². The number of rotatable bonds is 7. The SMILES string of the molecule is CCCN(CC(=O)Nc1ccc(Cl)cc1Cl)C(=O)Cn1nc(C)c2ccccc2c1=O. The molecule has 0 spiro atoms. The van der Waals surface area contributed by atoms with Crippen LogP contribution in [-0.4, -0.2) is 39.6 Å². The molecule has 2 amide bonds. The molecule has 2 aromatic carbocycles. The summed E-state index contributed by atoms with van der Waals surface area (Å²) in [5, 5.41) is 8.96. The average Bonchev–Trinajstić information content (AvgIpc) is 2.73. The molecule has 0 aliphatic carbocycles. The fourth-order valence-electron chi connectivity index (χ4n) is 3.26. The molecule has 0 aliphatic rings. The van der Waals surface area contributed by atoms with Gasteiger partial charge in [0.25, 0.3) is 5.56 Å². The number of hydrogen-bond acceptors (Lipinski definition) is 4. The van der Waals surface area contributed by atoms with Crippen LogP contribution in [0.25, 0.3) is 10.8 Å². The fraction of sp³-hybridized carbons (Fsp3) is 0.273. The highest BCUT2D eigenvalue weighted by molar-refractivity contribution is 6.36. The van der Waals surface area contributed by atoms with E-state index in [9.17, 15) is 14.4 Å². The molecule has 0 fully saturated rings. The van der Waals surface area contributed by atoms with E-state index >= 15 is 0 Å². The quantitative estimate of drug-likeness (QED) is 0.579. The first kappa shape index (κ1) is 22.8. The molecule has 3 rings (SSSR count). The minimum Gasteiger partial charge on any atom is -0.332 e. The summed E-state index contributed by atoms with van der Waals surface area (Å²) in [6.07, 6.45) is 0.653. The molecule has 1 N–H and O–H groups in total. The summed E-state index contributed by atoms with van der Waals surface area (Å²) < 4.78 is 1.15. The highest BCUT2D eigenvalue weighted by atomic mass is 35.5. The second-order valence-corrected chi connectivity index (χ2v) is 7.93. The lowest BCUT2D eigenvalue weighted by atomic mass is 10.1. The third-order valence-corrected chi connectivity index (χ3v) is 5.27. The van der Waals surface area contributed by atoms with Crippen LogP contribution in [0.3, 0.4) is 0 Å². The van der Waals surface area contributed by atoms with Gasteiger partial charge in [0.05, 0.1) is 28.3 Å². The van der Waals surface area contributed by atoms with Crippen LogP contribution < -0.4 is 10.9 Å². The maximum absolute atomic E-state index is 12.9. The largest absolute Gasteiger partial charge is 0.332 e. The maximum atomic E-state index is 12.9. The Labute approximate surface area is 189 Å². The summed E-state index contributed by atoms with van der Waals surface area (Å²) in [6.45, 7) is 3.63. The van der Waals surface area contributed by atoms with Gasteiger partial charge in [-0.2, -0.15) is 5.10 Å². The molecule has 0 atom stereocenters. The fourth-order valence-corrected chi connectivity index (χ4v) is 3.71. The number of benzene rings is 2. The minimum absolute atomic E-state index is 0.174. The van der Waals surface area contributed by atoms with E-state index in [1.54, 1.807) is 31.2 Å². The summed E-state index contributed by atoms with van der Waals surface area (Å²) >= 11 is 12.0. The Morgan fingerprint density at radius 3 is 2.52 bits per heavy atom. The first-order valence-electron chi connectivity index (χ1n) is 9.79. The van der Waals surface area contributed by atoms with Gasteiger partial charge in [0.2, 0.25) is 11.8 Å². The molecule has 7 nitrogen and oxygen atoms in total. The van der Waals surface area contributed by atoms with E-state index in [-0.39, 0.29) is 24.6 Å². The number of anilines is 1. The third-order valence-electron chi connectivity index (χ3n) is 4.72. The van der Waals surface area contributed by atoms with Crippen molar-refractivity contribution >= 4 is 51.5 Å². The zero-order valence-corrected chi connectivity index (χ0v) is 18.7. The number of aryl methyl sites for hydroxylation is 1. The van der Waals surface area contributed by atoms with Crippen molar-refractivity contribution in [3.8, 4) is 0 Å². The Kier molecular flexibility index (Phi) is 7.30. The van der Waals surface area contributed by atoms with Crippen LogP contribution >= 0.6 is 23.2 Å². The molecule has 162 valence electrons.